The van der Waals surface area contributed by atoms with Crippen molar-refractivity contribution in [3.8, 4) is 11.6 Å². The number of aromatic amines is 1. The molecule has 6 heteroatoms. The fourth-order valence-corrected chi connectivity index (χ4v) is 3.63. The highest BCUT2D eigenvalue weighted by Crippen LogP contribution is 2.37. The molecule has 0 spiro atoms. The summed E-state index contributed by atoms with van der Waals surface area (Å²) in [4.78, 5) is 7.83. The number of hydrogen-bond donors (Lipinski definition) is 2. The smallest absolute Gasteiger partial charge is 0.207 e. The number of aromatic nitrogens is 1. The maximum Gasteiger partial charge on any atom is 0.207 e. The van der Waals surface area contributed by atoms with Crippen LogP contribution in [0.2, 0.25) is 0 Å². The first-order valence-corrected chi connectivity index (χ1v) is 8.90. The first-order valence-electron chi connectivity index (χ1n) is 7.68. The summed E-state index contributed by atoms with van der Waals surface area (Å²) in [6, 6.07) is 15.9. The largest absolute Gasteiger partial charge is 0.494 e. The predicted octanol–water partition coefficient (Wildman–Crippen LogP) is 5.35. The van der Waals surface area contributed by atoms with E-state index in [1.807, 2.05) is 54.6 Å². The second-order valence-electron chi connectivity index (χ2n) is 5.54. The lowest BCUT2D eigenvalue weighted by atomic mass is 10.1. The van der Waals surface area contributed by atoms with E-state index in [0.29, 0.717) is 15.4 Å². The number of rotatable bonds is 4. The fourth-order valence-electron chi connectivity index (χ4n) is 2.58. The van der Waals surface area contributed by atoms with Gasteiger partial charge in [-0.25, -0.2) is 0 Å². The van der Waals surface area contributed by atoms with E-state index in [9.17, 15) is 5.11 Å². The van der Waals surface area contributed by atoms with Crippen molar-refractivity contribution >= 4 is 47.1 Å². The zero-order chi connectivity index (χ0) is 17.2. The predicted molar refractivity (Wildman–Crippen MR) is 104 cm³/mol. The molecule has 0 atom stereocenters. The Balaban J connectivity index is 1.60. The number of benzene rings is 2. The Labute approximate surface area is 153 Å². The molecule has 3 aromatic rings. The van der Waals surface area contributed by atoms with Gasteiger partial charge in [0.05, 0.1) is 10.6 Å². The molecule has 2 heterocycles. The van der Waals surface area contributed by atoms with E-state index in [0.717, 1.165) is 28.1 Å². The molecule has 4 nitrogen and oxygen atoms in total. The molecule has 1 aliphatic rings. The fraction of sp³-hybridized carbons (Fsp3) is 0.0526. The maximum absolute atomic E-state index is 9.88. The average Bonchev–Trinajstić information content (AvgIpc) is 3.17. The normalized spacial score (nSPS) is 14.0. The number of hydrogen-bond acceptors (Lipinski definition) is 5. The van der Waals surface area contributed by atoms with Crippen molar-refractivity contribution in [1.29, 1.82) is 0 Å². The third-order valence-electron chi connectivity index (χ3n) is 3.81. The minimum Gasteiger partial charge on any atom is -0.494 e. The molecule has 0 amide bonds. The summed E-state index contributed by atoms with van der Waals surface area (Å²) in [7, 11) is 0. The number of ether oxygens (including phenoxy) is 1. The van der Waals surface area contributed by atoms with E-state index in [1.165, 1.54) is 11.3 Å². The van der Waals surface area contributed by atoms with Crippen LogP contribution in [0, 0.1) is 3.95 Å². The molecule has 0 fully saturated rings. The highest BCUT2D eigenvalue weighted by molar-refractivity contribution is 7.73. The highest BCUT2D eigenvalue weighted by atomic mass is 32.1. The van der Waals surface area contributed by atoms with Gasteiger partial charge >= 0.3 is 0 Å². The van der Waals surface area contributed by atoms with Gasteiger partial charge in [-0.2, -0.15) is 0 Å². The van der Waals surface area contributed by atoms with E-state index in [1.54, 1.807) is 6.21 Å². The van der Waals surface area contributed by atoms with Crippen LogP contribution < -0.4 is 4.74 Å². The summed E-state index contributed by atoms with van der Waals surface area (Å²) in [6.45, 7) is 0.513. The van der Waals surface area contributed by atoms with Crippen molar-refractivity contribution in [3.63, 3.8) is 0 Å². The zero-order valence-corrected chi connectivity index (χ0v) is 14.7. The molecule has 25 heavy (non-hydrogen) atoms. The average molecular weight is 366 g/mol. The van der Waals surface area contributed by atoms with Gasteiger partial charge in [0.2, 0.25) is 5.88 Å². The van der Waals surface area contributed by atoms with Crippen molar-refractivity contribution in [1.82, 2.24) is 4.98 Å². The lowest BCUT2D eigenvalue weighted by molar-refractivity contribution is 0.306. The Kier molecular flexibility index (Phi) is 4.21. The van der Waals surface area contributed by atoms with Crippen LogP contribution in [-0.2, 0) is 6.61 Å². The first kappa shape index (κ1) is 15.8. The van der Waals surface area contributed by atoms with E-state index in [-0.39, 0.29) is 5.88 Å². The molecule has 0 aliphatic carbocycles. The molecule has 0 radical (unpaired) electrons. The summed E-state index contributed by atoms with van der Waals surface area (Å²) in [5.74, 6) is 0.866. The number of aliphatic imine (C=N–C) groups is 1. The van der Waals surface area contributed by atoms with Gasteiger partial charge < -0.3 is 14.8 Å². The second kappa shape index (κ2) is 6.66. The Hall–Kier alpha value is -2.70. The monoisotopic (exact) mass is 366 g/mol. The van der Waals surface area contributed by atoms with Crippen LogP contribution in [0.15, 0.2) is 53.5 Å². The molecule has 0 saturated heterocycles. The van der Waals surface area contributed by atoms with Crippen molar-refractivity contribution in [2.75, 3.05) is 0 Å². The number of nitrogens with zero attached hydrogens (tertiary/aromatic N) is 1. The molecule has 0 unspecified atom stereocenters. The lowest BCUT2D eigenvalue weighted by Crippen LogP contribution is -1.95. The Morgan fingerprint density at radius 2 is 2.04 bits per heavy atom. The van der Waals surface area contributed by atoms with Crippen LogP contribution in [0.25, 0.3) is 11.6 Å². The third-order valence-corrected chi connectivity index (χ3v) is 4.98. The molecule has 4 rings (SSSR count). The molecule has 0 bridgehead atoms. The second-order valence-corrected chi connectivity index (χ2v) is 7.26. The number of nitrogens with one attached hydrogen (secondary N) is 1. The lowest BCUT2D eigenvalue weighted by Gasteiger charge is -2.08. The molecular weight excluding hydrogens is 352 g/mol. The topological polar surface area (TPSA) is 57.6 Å². The van der Waals surface area contributed by atoms with Gasteiger partial charge in [0.1, 0.15) is 12.4 Å². The number of H-pyrrole nitrogens is 1. The van der Waals surface area contributed by atoms with Crippen LogP contribution in [0.5, 0.6) is 11.6 Å². The molecule has 124 valence electrons. The van der Waals surface area contributed by atoms with Crippen molar-refractivity contribution < 1.29 is 9.84 Å². The molecule has 2 aromatic carbocycles. The van der Waals surface area contributed by atoms with Gasteiger partial charge in [-0.05, 0) is 42.1 Å². The summed E-state index contributed by atoms with van der Waals surface area (Å²) in [5, 5.41) is 9.88. The highest BCUT2D eigenvalue weighted by Gasteiger charge is 2.15. The van der Waals surface area contributed by atoms with Crippen LogP contribution >= 0.6 is 23.6 Å². The van der Waals surface area contributed by atoms with Gasteiger partial charge in [-0.3, -0.25) is 4.99 Å². The van der Waals surface area contributed by atoms with Crippen LogP contribution in [0.4, 0.5) is 5.69 Å². The van der Waals surface area contributed by atoms with Gasteiger partial charge in [-0.1, -0.05) is 30.3 Å². The molecule has 0 saturated carbocycles. The summed E-state index contributed by atoms with van der Waals surface area (Å²) in [5.41, 5.74) is 3.90. The van der Waals surface area contributed by atoms with Crippen molar-refractivity contribution in [2.24, 2.45) is 4.99 Å². The minimum absolute atomic E-state index is 0.0841. The van der Waals surface area contributed by atoms with Gasteiger partial charge in [0.15, 0.2) is 3.95 Å². The van der Waals surface area contributed by atoms with Gasteiger partial charge in [-0.15, -0.1) is 11.3 Å². The van der Waals surface area contributed by atoms with E-state index in [4.69, 9.17) is 17.0 Å². The molecule has 1 aromatic heterocycles. The Morgan fingerprint density at radius 1 is 1.20 bits per heavy atom. The van der Waals surface area contributed by atoms with Gasteiger partial charge in [0.25, 0.3) is 0 Å². The number of allylic oxidation sites excluding steroid dienone is 1. The Morgan fingerprint density at radius 3 is 2.80 bits per heavy atom. The molecule has 1 aliphatic heterocycles. The molecular formula is C19H14N2O2S2. The minimum atomic E-state index is 0.0841. The van der Waals surface area contributed by atoms with Crippen molar-refractivity contribution in [3.05, 3.63) is 68.5 Å². The van der Waals surface area contributed by atoms with E-state index < -0.39 is 0 Å². The van der Waals surface area contributed by atoms with Gasteiger partial charge in [0, 0.05) is 17.4 Å². The zero-order valence-electron chi connectivity index (χ0n) is 13.1. The number of fused-ring (bicyclic) bond motifs is 1. The van der Waals surface area contributed by atoms with E-state index in [2.05, 4.69) is 9.98 Å². The van der Waals surface area contributed by atoms with Crippen LogP contribution in [0.1, 0.15) is 16.0 Å². The summed E-state index contributed by atoms with van der Waals surface area (Å²) in [6.07, 6.45) is 3.66. The SMILES string of the molecule is Oc1[nH]c(=S)sc1C=C1C=Nc2ccc(OCc3ccccc3)cc21. The first-order chi connectivity index (χ1) is 12.2. The van der Waals surface area contributed by atoms with Crippen molar-refractivity contribution in [2.45, 2.75) is 6.61 Å². The van der Waals surface area contributed by atoms with Crippen LogP contribution in [0.3, 0.4) is 0 Å². The summed E-state index contributed by atoms with van der Waals surface area (Å²) >= 11 is 6.39. The number of aromatic hydroxyl groups is 1. The summed E-state index contributed by atoms with van der Waals surface area (Å²) < 4.78 is 6.43. The third kappa shape index (κ3) is 3.40. The standard InChI is InChI=1S/C19H14N2O2S2/c22-18-17(25-19(24)21-18)8-13-10-20-16-7-6-14(9-15(13)16)23-11-12-4-2-1-3-5-12/h1-10,22H,11H2,(H,21,24). The maximum atomic E-state index is 9.88. The quantitative estimate of drug-likeness (QED) is 0.612. The number of thiazole rings is 1. The Bertz CT molecular complexity index is 1030. The van der Waals surface area contributed by atoms with Crippen LogP contribution in [-0.4, -0.2) is 16.3 Å². The van der Waals surface area contributed by atoms with E-state index >= 15 is 0 Å². The molecule has 2 N–H and O–H groups in total.